The molecule has 0 spiro atoms. The average molecular weight is 258 g/mol. The lowest BCUT2D eigenvalue weighted by atomic mass is 10.1. The van der Waals surface area contributed by atoms with Crippen molar-refractivity contribution >= 4 is 15.9 Å². The molecule has 1 atom stereocenters. The van der Waals surface area contributed by atoms with Crippen LogP contribution in [0.4, 0.5) is 0 Å². The van der Waals surface area contributed by atoms with Gasteiger partial charge < -0.3 is 9.67 Å². The van der Waals surface area contributed by atoms with Gasteiger partial charge in [-0.15, -0.1) is 0 Å². The van der Waals surface area contributed by atoms with Gasteiger partial charge in [-0.2, -0.15) is 0 Å². The Bertz CT molecular complexity index is 306. The number of halogens is 1. The molecule has 0 saturated heterocycles. The number of aliphatic hydroxyl groups is 1. The van der Waals surface area contributed by atoms with E-state index >= 15 is 0 Å². The van der Waals surface area contributed by atoms with E-state index in [9.17, 15) is 5.11 Å². The maximum atomic E-state index is 9.72. The number of hydrogen-bond acceptors (Lipinski definition) is 1. The molecule has 0 aliphatic rings. The zero-order valence-corrected chi connectivity index (χ0v) is 10.00. The number of nitrogens with zero attached hydrogens (tertiary/aromatic N) is 1. The second-order valence-corrected chi connectivity index (χ2v) is 4.56. The minimum Gasteiger partial charge on any atom is -0.388 e. The van der Waals surface area contributed by atoms with Crippen molar-refractivity contribution in [2.45, 2.75) is 32.4 Å². The molecule has 0 aliphatic heterocycles. The van der Waals surface area contributed by atoms with Gasteiger partial charge in [0.15, 0.2) is 0 Å². The molecule has 0 radical (unpaired) electrons. The first-order valence-electron chi connectivity index (χ1n) is 4.80. The number of aliphatic hydroxyl groups excluding tert-OH is 1. The smallest absolute Gasteiger partial charge is 0.0804 e. The molecule has 1 aromatic rings. The summed E-state index contributed by atoms with van der Waals surface area (Å²) >= 11 is 3.31. The first-order valence-corrected chi connectivity index (χ1v) is 5.59. The van der Waals surface area contributed by atoms with Crippen LogP contribution in [0.2, 0.25) is 0 Å². The number of allylic oxidation sites excluding steroid dienone is 1. The Labute approximate surface area is 93.4 Å². The van der Waals surface area contributed by atoms with Crippen molar-refractivity contribution in [3.8, 4) is 0 Å². The molecule has 3 heteroatoms. The summed E-state index contributed by atoms with van der Waals surface area (Å²) in [6.07, 6.45) is 5.41. The quantitative estimate of drug-likeness (QED) is 0.861. The van der Waals surface area contributed by atoms with Crippen molar-refractivity contribution < 1.29 is 5.11 Å². The van der Waals surface area contributed by atoms with Gasteiger partial charge in [-0.05, 0) is 18.1 Å². The van der Waals surface area contributed by atoms with Gasteiger partial charge in [-0.3, -0.25) is 0 Å². The molecular weight excluding hydrogens is 242 g/mol. The van der Waals surface area contributed by atoms with Crippen LogP contribution in [-0.2, 0) is 6.54 Å². The van der Waals surface area contributed by atoms with Crippen molar-refractivity contribution in [1.82, 2.24) is 4.57 Å². The maximum absolute atomic E-state index is 9.72. The van der Waals surface area contributed by atoms with E-state index in [4.69, 9.17) is 0 Å². The first kappa shape index (κ1) is 11.5. The fourth-order valence-corrected chi connectivity index (χ4v) is 1.68. The topological polar surface area (TPSA) is 25.2 Å². The lowest BCUT2D eigenvalue weighted by molar-refractivity contribution is 0.166. The van der Waals surface area contributed by atoms with Crippen LogP contribution in [0.1, 0.15) is 31.4 Å². The average Bonchev–Trinajstić information content (AvgIpc) is 2.52. The Kier molecular flexibility index (Phi) is 4.42. The van der Waals surface area contributed by atoms with E-state index in [2.05, 4.69) is 29.4 Å². The summed E-state index contributed by atoms with van der Waals surface area (Å²) in [7, 11) is 0. The normalized spacial score (nSPS) is 12.8. The molecule has 78 valence electrons. The van der Waals surface area contributed by atoms with E-state index in [-0.39, 0.29) is 6.10 Å². The summed E-state index contributed by atoms with van der Waals surface area (Å²) in [5, 5.41) is 9.72. The second kappa shape index (κ2) is 5.37. The monoisotopic (exact) mass is 257 g/mol. The van der Waals surface area contributed by atoms with Crippen molar-refractivity contribution in [2.75, 3.05) is 0 Å². The van der Waals surface area contributed by atoms with Gasteiger partial charge in [0.05, 0.1) is 12.6 Å². The highest BCUT2D eigenvalue weighted by Crippen LogP contribution is 2.19. The lowest BCUT2D eigenvalue weighted by Gasteiger charge is -2.06. The minimum atomic E-state index is -0.329. The molecule has 1 rings (SSSR count). The SMILES string of the molecule is C=C(Br)Cn1ccc(C(O)CCC)c1. The van der Waals surface area contributed by atoms with E-state index in [1.54, 1.807) is 0 Å². The molecule has 0 aromatic carbocycles. The van der Waals surface area contributed by atoms with E-state index in [0.717, 1.165) is 29.4 Å². The molecule has 1 aromatic heterocycles. The summed E-state index contributed by atoms with van der Waals surface area (Å²) in [6.45, 7) is 6.59. The zero-order chi connectivity index (χ0) is 10.6. The van der Waals surface area contributed by atoms with Gasteiger partial charge >= 0.3 is 0 Å². The summed E-state index contributed by atoms with van der Waals surface area (Å²) in [5.41, 5.74) is 0.987. The molecular formula is C11H16BrNO. The van der Waals surface area contributed by atoms with Crippen LogP contribution in [0.3, 0.4) is 0 Å². The fourth-order valence-electron chi connectivity index (χ4n) is 1.39. The van der Waals surface area contributed by atoms with Crippen LogP contribution in [0, 0.1) is 0 Å². The molecule has 1 N–H and O–H groups in total. The largest absolute Gasteiger partial charge is 0.388 e. The number of aromatic nitrogens is 1. The van der Waals surface area contributed by atoms with Gasteiger partial charge in [0.25, 0.3) is 0 Å². The molecule has 0 saturated carbocycles. The standard InChI is InChI=1S/C11H16BrNO/c1-3-4-11(14)10-5-6-13(8-10)7-9(2)12/h5-6,8,11,14H,2-4,7H2,1H3. The highest BCUT2D eigenvalue weighted by molar-refractivity contribution is 9.11. The fraction of sp³-hybridized carbons (Fsp3) is 0.455. The second-order valence-electron chi connectivity index (χ2n) is 3.44. The third kappa shape index (κ3) is 3.31. The third-order valence-corrected chi connectivity index (χ3v) is 2.33. The van der Waals surface area contributed by atoms with Gasteiger partial charge in [-0.25, -0.2) is 0 Å². The van der Waals surface area contributed by atoms with Gasteiger partial charge in [-0.1, -0.05) is 35.9 Å². The first-order chi connectivity index (χ1) is 6.63. The Morgan fingerprint density at radius 2 is 2.43 bits per heavy atom. The molecule has 0 aliphatic carbocycles. The van der Waals surface area contributed by atoms with E-state index in [1.807, 2.05) is 23.0 Å². The number of rotatable bonds is 5. The maximum Gasteiger partial charge on any atom is 0.0804 e. The molecule has 2 nitrogen and oxygen atoms in total. The van der Waals surface area contributed by atoms with Crippen molar-refractivity contribution in [3.05, 3.63) is 35.1 Å². The predicted molar refractivity (Wildman–Crippen MR) is 62.4 cm³/mol. The molecule has 0 amide bonds. The lowest BCUT2D eigenvalue weighted by Crippen LogP contribution is -1.96. The van der Waals surface area contributed by atoms with E-state index < -0.39 is 0 Å². The predicted octanol–water partition coefficient (Wildman–Crippen LogP) is 3.23. The van der Waals surface area contributed by atoms with Gasteiger partial charge in [0, 0.05) is 16.9 Å². The Balaban J connectivity index is 2.62. The Hall–Kier alpha value is -0.540. The summed E-state index contributed by atoms with van der Waals surface area (Å²) < 4.78 is 2.94. The molecule has 0 fully saturated rings. The van der Waals surface area contributed by atoms with Crippen LogP contribution in [0.15, 0.2) is 29.5 Å². The number of hydrogen-bond donors (Lipinski definition) is 1. The van der Waals surface area contributed by atoms with E-state index in [1.165, 1.54) is 0 Å². The van der Waals surface area contributed by atoms with Crippen LogP contribution < -0.4 is 0 Å². The van der Waals surface area contributed by atoms with Crippen molar-refractivity contribution in [3.63, 3.8) is 0 Å². The van der Waals surface area contributed by atoms with Gasteiger partial charge in [0.1, 0.15) is 0 Å². The van der Waals surface area contributed by atoms with Crippen LogP contribution in [-0.4, -0.2) is 9.67 Å². The molecule has 0 bridgehead atoms. The van der Waals surface area contributed by atoms with Crippen LogP contribution >= 0.6 is 15.9 Å². The summed E-state index contributed by atoms with van der Waals surface area (Å²) in [4.78, 5) is 0. The molecule has 14 heavy (non-hydrogen) atoms. The Morgan fingerprint density at radius 3 is 3.00 bits per heavy atom. The van der Waals surface area contributed by atoms with Crippen molar-refractivity contribution in [1.29, 1.82) is 0 Å². The van der Waals surface area contributed by atoms with Crippen LogP contribution in [0.25, 0.3) is 0 Å². The summed E-state index contributed by atoms with van der Waals surface area (Å²) in [6, 6.07) is 1.95. The van der Waals surface area contributed by atoms with Crippen LogP contribution in [0.5, 0.6) is 0 Å². The molecule has 1 heterocycles. The third-order valence-electron chi connectivity index (χ3n) is 2.07. The highest BCUT2D eigenvalue weighted by atomic mass is 79.9. The molecule has 1 unspecified atom stereocenters. The Morgan fingerprint density at radius 1 is 1.71 bits per heavy atom. The zero-order valence-electron chi connectivity index (χ0n) is 8.41. The van der Waals surface area contributed by atoms with Crippen molar-refractivity contribution in [2.24, 2.45) is 0 Å². The summed E-state index contributed by atoms with van der Waals surface area (Å²) in [5.74, 6) is 0. The van der Waals surface area contributed by atoms with Gasteiger partial charge in [0.2, 0.25) is 0 Å². The minimum absolute atomic E-state index is 0.329. The highest BCUT2D eigenvalue weighted by Gasteiger charge is 2.07. The van der Waals surface area contributed by atoms with E-state index in [0.29, 0.717) is 0 Å².